The van der Waals surface area contributed by atoms with Gasteiger partial charge in [-0.05, 0) is 50.7 Å². The zero-order valence-electron chi connectivity index (χ0n) is 19.8. The van der Waals surface area contributed by atoms with E-state index >= 15 is 0 Å². The van der Waals surface area contributed by atoms with Crippen LogP contribution in [-0.2, 0) is 9.53 Å². The maximum atomic E-state index is 14.0. The normalized spacial score (nSPS) is 21.0. The fourth-order valence-electron chi connectivity index (χ4n) is 5.07. The van der Waals surface area contributed by atoms with Gasteiger partial charge in [-0.15, -0.1) is 0 Å². The lowest BCUT2D eigenvalue weighted by atomic mass is 9.83. The fraction of sp³-hybridized carbons (Fsp3) is 0.520. The minimum absolute atomic E-state index is 0.201. The number of alkyl halides is 2. The maximum Gasteiger partial charge on any atom is 0.296 e. The summed E-state index contributed by atoms with van der Waals surface area (Å²) >= 11 is 0. The highest BCUT2D eigenvalue weighted by atomic mass is 19.3. The van der Waals surface area contributed by atoms with E-state index in [9.17, 15) is 13.6 Å². The van der Waals surface area contributed by atoms with E-state index in [1.165, 1.54) is 4.57 Å². The first-order valence-corrected chi connectivity index (χ1v) is 12.2. The smallest absolute Gasteiger partial charge is 0.296 e. The van der Waals surface area contributed by atoms with Crippen LogP contribution in [0.25, 0.3) is 16.9 Å². The van der Waals surface area contributed by atoms with Gasteiger partial charge >= 0.3 is 0 Å². The van der Waals surface area contributed by atoms with Gasteiger partial charge in [-0.25, -0.2) is 13.8 Å². The van der Waals surface area contributed by atoms with Crippen molar-refractivity contribution in [3.63, 3.8) is 0 Å². The van der Waals surface area contributed by atoms with Crippen molar-refractivity contribution in [2.24, 2.45) is 5.92 Å². The van der Waals surface area contributed by atoms with Gasteiger partial charge in [-0.2, -0.15) is 9.97 Å². The molecule has 35 heavy (non-hydrogen) atoms. The van der Waals surface area contributed by atoms with Crippen molar-refractivity contribution in [1.82, 2.24) is 19.5 Å². The molecule has 1 aliphatic carbocycles. The summed E-state index contributed by atoms with van der Waals surface area (Å²) in [5.41, 5.74) is 1.07. The number of rotatable bonds is 7. The number of hydrogen-bond acceptors (Lipinski definition) is 7. The van der Waals surface area contributed by atoms with E-state index in [0.29, 0.717) is 67.3 Å². The molecule has 1 aromatic carbocycles. The number of anilines is 2. The lowest BCUT2D eigenvalue weighted by Gasteiger charge is -2.30. The first kappa shape index (κ1) is 23.6. The number of halogens is 2. The summed E-state index contributed by atoms with van der Waals surface area (Å²) in [4.78, 5) is 27.1. The summed E-state index contributed by atoms with van der Waals surface area (Å²) in [6.07, 6.45) is 1.70. The Morgan fingerprint density at radius 1 is 1.11 bits per heavy atom. The summed E-state index contributed by atoms with van der Waals surface area (Å²) in [5, 5.41) is 3.52. The van der Waals surface area contributed by atoms with Gasteiger partial charge in [0, 0.05) is 31.6 Å². The molecule has 3 aromatic rings. The Balaban J connectivity index is 1.49. The summed E-state index contributed by atoms with van der Waals surface area (Å²) < 4.78 is 34.9. The first-order valence-electron chi connectivity index (χ1n) is 12.2. The van der Waals surface area contributed by atoms with Crippen LogP contribution in [0.15, 0.2) is 30.3 Å². The van der Waals surface area contributed by atoms with Crippen LogP contribution in [0.5, 0.6) is 0 Å². The number of ether oxygens (including phenoxy) is 1. The molecule has 2 aliphatic rings. The van der Waals surface area contributed by atoms with Crippen molar-refractivity contribution in [1.29, 1.82) is 0 Å². The highest BCUT2D eigenvalue weighted by molar-refractivity contribution is 5.78. The predicted octanol–water partition coefficient (Wildman–Crippen LogP) is 4.54. The van der Waals surface area contributed by atoms with E-state index in [1.54, 1.807) is 37.3 Å². The topological polar surface area (TPSA) is 85.2 Å². The van der Waals surface area contributed by atoms with Gasteiger partial charge < -0.3 is 19.7 Å². The second kappa shape index (κ2) is 10.2. The van der Waals surface area contributed by atoms with Crippen LogP contribution >= 0.6 is 0 Å². The molecule has 1 aliphatic heterocycles. The van der Waals surface area contributed by atoms with E-state index in [1.807, 2.05) is 4.90 Å². The zero-order chi connectivity index (χ0) is 24.4. The zero-order valence-corrected chi connectivity index (χ0v) is 19.8. The molecule has 0 radical (unpaired) electrons. The van der Waals surface area contributed by atoms with Crippen LogP contribution < -0.4 is 10.2 Å². The lowest BCUT2D eigenvalue weighted by molar-refractivity contribution is -0.118. The van der Waals surface area contributed by atoms with Gasteiger partial charge in [0.15, 0.2) is 5.82 Å². The van der Waals surface area contributed by atoms with Crippen molar-refractivity contribution in [3.8, 4) is 5.82 Å². The van der Waals surface area contributed by atoms with Gasteiger partial charge in [0.05, 0.1) is 24.2 Å². The molecule has 1 saturated heterocycles. The number of para-hydroxylation sites is 2. The molecule has 0 amide bonds. The molecule has 1 saturated carbocycles. The minimum Gasteiger partial charge on any atom is -0.378 e. The van der Waals surface area contributed by atoms with Crippen LogP contribution in [0, 0.1) is 5.92 Å². The number of ketones is 1. The molecule has 1 N–H and O–H groups in total. The Kier molecular flexibility index (Phi) is 6.90. The third kappa shape index (κ3) is 5.27. The third-order valence-corrected chi connectivity index (χ3v) is 6.78. The molecule has 5 rings (SSSR count). The molecule has 0 bridgehead atoms. The second-order valence-electron chi connectivity index (χ2n) is 9.37. The molecule has 10 heteroatoms. The molecule has 0 atom stereocenters. The molecule has 2 fully saturated rings. The summed E-state index contributed by atoms with van der Waals surface area (Å²) in [7, 11) is 0. The minimum atomic E-state index is -2.75. The van der Waals surface area contributed by atoms with Crippen molar-refractivity contribution in [2.45, 2.75) is 51.5 Å². The number of aromatic nitrogens is 4. The number of carbonyl (C=O) groups is 1. The Morgan fingerprint density at radius 3 is 2.57 bits per heavy atom. The standard InChI is InChI=1S/C25H30F2N6O2/c1-16(34)14-17-6-8-18(9-7-17)28-21-15-22(31-25(30-21)32-10-12-35-13-11-32)33-20-5-3-2-4-19(20)29-24(33)23(26)27/h2-5,15,17-18,23H,6-14H2,1H3,(H,28,30,31). The fourth-order valence-corrected chi connectivity index (χ4v) is 5.07. The highest BCUT2D eigenvalue weighted by Gasteiger charge is 2.26. The Hall–Kier alpha value is -3.14. The number of benzene rings is 1. The van der Waals surface area contributed by atoms with Gasteiger partial charge in [0.1, 0.15) is 17.4 Å². The number of morpholine rings is 1. The average Bonchev–Trinajstić information content (AvgIpc) is 3.25. The van der Waals surface area contributed by atoms with Crippen molar-refractivity contribution in [2.75, 3.05) is 36.5 Å². The van der Waals surface area contributed by atoms with Crippen LogP contribution in [0.2, 0.25) is 0 Å². The third-order valence-electron chi connectivity index (χ3n) is 6.78. The van der Waals surface area contributed by atoms with Crippen molar-refractivity contribution in [3.05, 3.63) is 36.2 Å². The first-order chi connectivity index (χ1) is 17.0. The molecule has 2 aromatic heterocycles. The van der Waals surface area contributed by atoms with Crippen LogP contribution in [-0.4, -0.2) is 57.6 Å². The van der Waals surface area contributed by atoms with E-state index in [0.717, 1.165) is 25.7 Å². The van der Waals surface area contributed by atoms with E-state index < -0.39 is 6.43 Å². The molecule has 186 valence electrons. The van der Waals surface area contributed by atoms with Crippen LogP contribution in [0.1, 0.15) is 51.3 Å². The van der Waals surface area contributed by atoms with Crippen molar-refractivity contribution < 1.29 is 18.3 Å². The number of carbonyl (C=O) groups excluding carboxylic acids is 1. The quantitative estimate of drug-likeness (QED) is 0.527. The van der Waals surface area contributed by atoms with E-state index in [2.05, 4.69) is 10.3 Å². The number of Topliss-reactive ketones (excluding diaryl/α,β-unsaturated/α-hetero) is 1. The maximum absolute atomic E-state index is 14.0. The van der Waals surface area contributed by atoms with E-state index in [-0.39, 0.29) is 17.6 Å². The number of fused-ring (bicyclic) bond motifs is 1. The van der Waals surface area contributed by atoms with Gasteiger partial charge in [-0.1, -0.05) is 12.1 Å². The average molecular weight is 485 g/mol. The number of hydrogen-bond donors (Lipinski definition) is 1. The predicted molar refractivity (Wildman–Crippen MR) is 129 cm³/mol. The number of imidazole rings is 1. The Labute approximate surface area is 202 Å². The van der Waals surface area contributed by atoms with E-state index in [4.69, 9.17) is 14.7 Å². The number of nitrogens with zero attached hydrogens (tertiary/aromatic N) is 5. The number of nitrogens with one attached hydrogen (secondary N) is 1. The summed E-state index contributed by atoms with van der Waals surface area (Å²) in [5.74, 6) is 1.77. The monoisotopic (exact) mass is 484 g/mol. The SMILES string of the molecule is CC(=O)CC1CCC(Nc2cc(-n3c(C(F)F)nc4ccccc43)nc(N3CCOCC3)n2)CC1. The molecule has 0 unspecified atom stereocenters. The Morgan fingerprint density at radius 2 is 1.86 bits per heavy atom. The summed E-state index contributed by atoms with van der Waals surface area (Å²) in [6, 6.07) is 9.01. The van der Waals surface area contributed by atoms with Gasteiger partial charge in [0.2, 0.25) is 5.95 Å². The highest BCUT2D eigenvalue weighted by Crippen LogP contribution is 2.31. The largest absolute Gasteiger partial charge is 0.378 e. The van der Waals surface area contributed by atoms with Crippen LogP contribution in [0.4, 0.5) is 20.5 Å². The lowest BCUT2D eigenvalue weighted by Crippen LogP contribution is -2.37. The van der Waals surface area contributed by atoms with Crippen LogP contribution in [0.3, 0.4) is 0 Å². The Bertz CT molecular complexity index is 1190. The summed E-state index contributed by atoms with van der Waals surface area (Å²) in [6.45, 7) is 4.03. The van der Waals surface area contributed by atoms with Gasteiger partial charge in [-0.3, -0.25) is 4.57 Å². The molecule has 8 nitrogen and oxygen atoms in total. The molecular weight excluding hydrogens is 454 g/mol. The molecule has 3 heterocycles. The van der Waals surface area contributed by atoms with Crippen molar-refractivity contribution >= 4 is 28.6 Å². The molecular formula is C25H30F2N6O2. The second-order valence-corrected chi connectivity index (χ2v) is 9.37. The van der Waals surface area contributed by atoms with Gasteiger partial charge in [0.25, 0.3) is 6.43 Å². The molecule has 0 spiro atoms.